The Bertz CT molecular complexity index is 750. The molecular formula is C21H26N2O3. The van der Waals surface area contributed by atoms with Crippen LogP contribution in [0, 0.1) is 0 Å². The minimum Gasteiger partial charge on any atom is -0.493 e. The van der Waals surface area contributed by atoms with Crippen LogP contribution in [0.2, 0.25) is 0 Å². The fourth-order valence-corrected chi connectivity index (χ4v) is 2.66. The van der Waals surface area contributed by atoms with Crippen LogP contribution in [0.1, 0.15) is 19.4 Å². The Labute approximate surface area is 155 Å². The van der Waals surface area contributed by atoms with Gasteiger partial charge in [-0.25, -0.2) is 0 Å². The summed E-state index contributed by atoms with van der Waals surface area (Å²) in [7, 11) is 3.17. The summed E-state index contributed by atoms with van der Waals surface area (Å²) >= 11 is 0. The van der Waals surface area contributed by atoms with Gasteiger partial charge in [0, 0.05) is 30.5 Å². The molecule has 0 aliphatic rings. The average Bonchev–Trinajstić information content (AvgIpc) is 2.68. The zero-order valence-electron chi connectivity index (χ0n) is 15.8. The van der Waals surface area contributed by atoms with Crippen LogP contribution >= 0.6 is 0 Å². The molecule has 0 heterocycles. The Kier molecular flexibility index (Phi) is 7.09. The van der Waals surface area contributed by atoms with E-state index in [9.17, 15) is 4.79 Å². The monoisotopic (exact) mass is 354 g/mol. The first kappa shape index (κ1) is 19.4. The molecule has 0 fully saturated rings. The van der Waals surface area contributed by atoms with E-state index in [4.69, 9.17) is 9.47 Å². The first-order valence-corrected chi connectivity index (χ1v) is 8.67. The van der Waals surface area contributed by atoms with E-state index in [0.29, 0.717) is 11.5 Å². The van der Waals surface area contributed by atoms with Crippen LogP contribution in [0.15, 0.2) is 48.5 Å². The molecule has 0 unspecified atom stereocenters. The molecule has 0 aliphatic carbocycles. The normalized spacial score (nSPS) is 10.6. The third-order valence-electron chi connectivity index (χ3n) is 4.10. The minimum absolute atomic E-state index is 0.185. The SMILES string of the molecule is CCN(CC)c1ccc(NC(=O)/C=C/c2ccc(OC)c(OC)c2)cc1. The molecule has 5 nitrogen and oxygen atoms in total. The smallest absolute Gasteiger partial charge is 0.248 e. The third-order valence-corrected chi connectivity index (χ3v) is 4.10. The van der Waals surface area contributed by atoms with Gasteiger partial charge >= 0.3 is 0 Å². The van der Waals surface area contributed by atoms with Crippen LogP contribution in [0.5, 0.6) is 11.5 Å². The number of hydrogen-bond acceptors (Lipinski definition) is 4. The van der Waals surface area contributed by atoms with Crippen LogP contribution in [-0.4, -0.2) is 33.2 Å². The Hall–Kier alpha value is -2.95. The molecule has 0 aromatic heterocycles. The molecule has 26 heavy (non-hydrogen) atoms. The number of methoxy groups -OCH3 is 2. The molecule has 0 aliphatic heterocycles. The molecule has 0 spiro atoms. The molecule has 5 heteroatoms. The fourth-order valence-electron chi connectivity index (χ4n) is 2.66. The van der Waals surface area contributed by atoms with Gasteiger partial charge in [0.2, 0.25) is 5.91 Å². The highest BCUT2D eigenvalue weighted by molar-refractivity contribution is 6.02. The average molecular weight is 354 g/mol. The van der Waals surface area contributed by atoms with E-state index in [1.165, 1.54) is 6.08 Å². The number of ether oxygens (including phenoxy) is 2. The second-order valence-corrected chi connectivity index (χ2v) is 5.66. The van der Waals surface area contributed by atoms with E-state index in [0.717, 1.165) is 30.0 Å². The molecule has 138 valence electrons. The van der Waals surface area contributed by atoms with Gasteiger partial charge in [0.25, 0.3) is 0 Å². The number of carbonyl (C=O) groups excluding carboxylic acids is 1. The maximum absolute atomic E-state index is 12.1. The highest BCUT2D eigenvalue weighted by atomic mass is 16.5. The van der Waals surface area contributed by atoms with Crippen molar-refractivity contribution in [3.05, 3.63) is 54.1 Å². The Morgan fingerprint density at radius 3 is 2.23 bits per heavy atom. The summed E-state index contributed by atoms with van der Waals surface area (Å²) in [4.78, 5) is 14.4. The molecule has 0 bridgehead atoms. The van der Waals surface area contributed by atoms with E-state index >= 15 is 0 Å². The first-order chi connectivity index (χ1) is 12.6. The van der Waals surface area contributed by atoms with Crippen molar-refractivity contribution in [3.8, 4) is 11.5 Å². The van der Waals surface area contributed by atoms with Crippen LogP contribution in [0.3, 0.4) is 0 Å². The molecule has 2 aromatic carbocycles. The third kappa shape index (κ3) is 5.02. The van der Waals surface area contributed by atoms with Crippen LogP contribution in [0.4, 0.5) is 11.4 Å². The van der Waals surface area contributed by atoms with Gasteiger partial charge < -0.3 is 19.7 Å². The summed E-state index contributed by atoms with van der Waals surface area (Å²) in [6.07, 6.45) is 3.24. The number of nitrogens with zero attached hydrogens (tertiary/aromatic N) is 1. The highest BCUT2D eigenvalue weighted by Crippen LogP contribution is 2.28. The largest absolute Gasteiger partial charge is 0.493 e. The van der Waals surface area contributed by atoms with Crippen molar-refractivity contribution in [2.24, 2.45) is 0 Å². The van der Waals surface area contributed by atoms with E-state index in [1.54, 1.807) is 20.3 Å². The van der Waals surface area contributed by atoms with Gasteiger partial charge in [0.15, 0.2) is 11.5 Å². The minimum atomic E-state index is -0.185. The van der Waals surface area contributed by atoms with E-state index in [-0.39, 0.29) is 5.91 Å². The number of carbonyl (C=O) groups is 1. The number of nitrogens with one attached hydrogen (secondary N) is 1. The van der Waals surface area contributed by atoms with E-state index in [2.05, 4.69) is 24.1 Å². The molecule has 0 atom stereocenters. The van der Waals surface area contributed by atoms with Crippen molar-refractivity contribution in [3.63, 3.8) is 0 Å². The zero-order chi connectivity index (χ0) is 18.9. The van der Waals surface area contributed by atoms with Gasteiger partial charge in [0.05, 0.1) is 14.2 Å². The zero-order valence-corrected chi connectivity index (χ0v) is 15.8. The van der Waals surface area contributed by atoms with Crippen molar-refractivity contribution >= 4 is 23.4 Å². The lowest BCUT2D eigenvalue weighted by Crippen LogP contribution is -2.21. The van der Waals surface area contributed by atoms with Gasteiger partial charge in [-0.1, -0.05) is 6.07 Å². The summed E-state index contributed by atoms with van der Waals surface area (Å²) in [5.41, 5.74) is 2.77. The van der Waals surface area contributed by atoms with Crippen molar-refractivity contribution in [2.75, 3.05) is 37.5 Å². The standard InChI is InChI=1S/C21H26N2O3/c1-5-23(6-2)18-11-9-17(10-12-18)22-21(24)14-8-16-7-13-19(25-3)20(15-16)26-4/h7-15H,5-6H2,1-4H3,(H,22,24)/b14-8+. The molecule has 0 saturated carbocycles. The number of hydrogen-bond donors (Lipinski definition) is 1. The summed E-state index contributed by atoms with van der Waals surface area (Å²) < 4.78 is 10.5. The summed E-state index contributed by atoms with van der Waals surface area (Å²) in [6.45, 7) is 6.16. The highest BCUT2D eigenvalue weighted by Gasteiger charge is 2.04. The summed E-state index contributed by atoms with van der Waals surface area (Å²) in [5, 5.41) is 2.87. The van der Waals surface area contributed by atoms with Gasteiger partial charge in [-0.15, -0.1) is 0 Å². The topological polar surface area (TPSA) is 50.8 Å². The van der Waals surface area contributed by atoms with Crippen LogP contribution in [-0.2, 0) is 4.79 Å². The molecule has 1 amide bonds. The second kappa shape index (κ2) is 9.51. The first-order valence-electron chi connectivity index (χ1n) is 8.67. The van der Waals surface area contributed by atoms with E-state index in [1.807, 2.05) is 42.5 Å². The second-order valence-electron chi connectivity index (χ2n) is 5.66. The quantitative estimate of drug-likeness (QED) is 0.722. The Morgan fingerprint density at radius 1 is 1.00 bits per heavy atom. The predicted octanol–water partition coefficient (Wildman–Crippen LogP) is 4.20. The molecular weight excluding hydrogens is 328 g/mol. The van der Waals surface area contributed by atoms with Crippen LogP contribution < -0.4 is 19.7 Å². The lowest BCUT2D eigenvalue weighted by atomic mass is 10.2. The van der Waals surface area contributed by atoms with Gasteiger partial charge in [0.1, 0.15) is 0 Å². The number of amides is 1. The van der Waals surface area contributed by atoms with Gasteiger partial charge in [-0.3, -0.25) is 4.79 Å². The van der Waals surface area contributed by atoms with Crippen molar-refractivity contribution in [1.82, 2.24) is 0 Å². The summed E-state index contributed by atoms with van der Waals surface area (Å²) in [5.74, 6) is 1.10. The molecule has 2 rings (SSSR count). The molecule has 2 aromatic rings. The van der Waals surface area contributed by atoms with Crippen molar-refractivity contribution in [2.45, 2.75) is 13.8 Å². The van der Waals surface area contributed by atoms with Gasteiger partial charge in [-0.2, -0.15) is 0 Å². The molecule has 0 saturated heterocycles. The maximum Gasteiger partial charge on any atom is 0.248 e. The van der Waals surface area contributed by atoms with Crippen LogP contribution in [0.25, 0.3) is 6.08 Å². The lowest BCUT2D eigenvalue weighted by Gasteiger charge is -2.21. The van der Waals surface area contributed by atoms with Gasteiger partial charge in [-0.05, 0) is 61.9 Å². The molecule has 1 N–H and O–H groups in total. The summed E-state index contributed by atoms with van der Waals surface area (Å²) in [6, 6.07) is 13.3. The molecule has 0 radical (unpaired) electrons. The Morgan fingerprint density at radius 2 is 1.65 bits per heavy atom. The Balaban J connectivity index is 2.01. The fraction of sp³-hybridized carbons (Fsp3) is 0.286. The number of rotatable bonds is 8. The maximum atomic E-state index is 12.1. The van der Waals surface area contributed by atoms with Crippen molar-refractivity contribution in [1.29, 1.82) is 0 Å². The van der Waals surface area contributed by atoms with E-state index < -0.39 is 0 Å². The lowest BCUT2D eigenvalue weighted by molar-refractivity contribution is -0.111. The number of benzene rings is 2. The van der Waals surface area contributed by atoms with Crippen molar-refractivity contribution < 1.29 is 14.3 Å². The predicted molar refractivity (Wildman–Crippen MR) is 107 cm³/mol. The number of anilines is 2.